The van der Waals surface area contributed by atoms with E-state index in [0.717, 1.165) is 36.8 Å². The van der Waals surface area contributed by atoms with Crippen molar-refractivity contribution in [2.24, 2.45) is 0 Å². The van der Waals surface area contributed by atoms with E-state index in [1.807, 2.05) is 12.1 Å². The molecule has 0 bridgehead atoms. The number of nitrogens with zero attached hydrogens (tertiary/aromatic N) is 3. The molecule has 28 heavy (non-hydrogen) atoms. The van der Waals surface area contributed by atoms with E-state index in [4.69, 9.17) is 16.3 Å². The lowest BCUT2D eigenvalue weighted by Gasteiger charge is -2.16. The lowest BCUT2D eigenvalue weighted by Crippen LogP contribution is -2.26. The number of pyridine rings is 1. The zero-order chi connectivity index (χ0) is 19.7. The van der Waals surface area contributed by atoms with Gasteiger partial charge in [-0.1, -0.05) is 24.4 Å². The van der Waals surface area contributed by atoms with Crippen LogP contribution in [-0.2, 0) is 16.6 Å². The first-order valence-corrected chi connectivity index (χ1v) is 11.0. The van der Waals surface area contributed by atoms with E-state index in [2.05, 4.69) is 19.3 Å². The molecule has 0 atom stereocenters. The van der Waals surface area contributed by atoms with Crippen molar-refractivity contribution >= 4 is 32.8 Å². The molecule has 1 aliphatic carbocycles. The average Bonchev–Trinajstić information content (AvgIpc) is 3.33. The highest BCUT2D eigenvalue weighted by Crippen LogP contribution is 2.33. The summed E-state index contributed by atoms with van der Waals surface area (Å²) in [4.78, 5) is 9.11. The van der Waals surface area contributed by atoms with Crippen molar-refractivity contribution in [2.45, 2.75) is 43.2 Å². The number of ether oxygens (including phenoxy) is 1. The van der Waals surface area contributed by atoms with Crippen molar-refractivity contribution in [3.8, 4) is 5.75 Å². The Morgan fingerprint density at radius 2 is 2.07 bits per heavy atom. The molecule has 1 N–H and O–H groups in total. The van der Waals surface area contributed by atoms with E-state index in [1.165, 1.54) is 19.2 Å². The van der Waals surface area contributed by atoms with Gasteiger partial charge in [-0.05, 0) is 43.2 Å². The van der Waals surface area contributed by atoms with Gasteiger partial charge in [0.05, 0.1) is 13.7 Å². The van der Waals surface area contributed by atoms with Crippen LogP contribution in [0.15, 0.2) is 41.4 Å². The summed E-state index contributed by atoms with van der Waals surface area (Å²) in [5.74, 6) is 0.896. The number of hydrogen-bond acceptors (Lipinski definition) is 5. The van der Waals surface area contributed by atoms with Crippen molar-refractivity contribution in [3.05, 3.63) is 47.4 Å². The molecule has 2 heterocycles. The predicted molar refractivity (Wildman–Crippen MR) is 107 cm³/mol. The lowest BCUT2D eigenvalue weighted by molar-refractivity contribution is 0.402. The second-order valence-corrected chi connectivity index (χ2v) is 8.97. The molecule has 1 fully saturated rings. The fourth-order valence-corrected chi connectivity index (χ4v) is 5.15. The van der Waals surface area contributed by atoms with Gasteiger partial charge in [-0.15, -0.1) is 0 Å². The summed E-state index contributed by atoms with van der Waals surface area (Å²) in [6.45, 7) is 0.0604. The van der Waals surface area contributed by atoms with Crippen LogP contribution in [0.3, 0.4) is 0 Å². The molecule has 7 nitrogen and oxygen atoms in total. The van der Waals surface area contributed by atoms with Crippen LogP contribution in [0.4, 0.5) is 0 Å². The Hall–Kier alpha value is -2.16. The highest BCUT2D eigenvalue weighted by atomic mass is 35.5. The molecule has 1 aliphatic rings. The number of halogens is 1. The second-order valence-electron chi connectivity index (χ2n) is 6.80. The van der Waals surface area contributed by atoms with Gasteiger partial charge in [0, 0.05) is 17.3 Å². The number of hydrogen-bond donors (Lipinski definition) is 1. The summed E-state index contributed by atoms with van der Waals surface area (Å²) in [6, 6.07) is 8.52. The van der Waals surface area contributed by atoms with Crippen LogP contribution >= 0.6 is 11.6 Å². The zero-order valence-electron chi connectivity index (χ0n) is 15.4. The van der Waals surface area contributed by atoms with E-state index in [0.29, 0.717) is 16.9 Å². The van der Waals surface area contributed by atoms with Gasteiger partial charge in [0.1, 0.15) is 22.0 Å². The molecule has 0 spiro atoms. The molecular formula is C19H21ClN4O3S. The number of nitrogens with one attached hydrogen (secondary N) is 1. The van der Waals surface area contributed by atoms with Crippen LogP contribution in [-0.4, -0.2) is 30.1 Å². The SMILES string of the molecule is COc1ccc(Cl)cc1S(=O)(=O)NCc1nc2cccnc2n1C1CCCC1. The molecule has 9 heteroatoms. The topological polar surface area (TPSA) is 86.1 Å². The molecule has 0 aliphatic heterocycles. The van der Waals surface area contributed by atoms with E-state index in [-0.39, 0.29) is 17.2 Å². The van der Waals surface area contributed by atoms with Crippen LogP contribution in [0.2, 0.25) is 5.02 Å². The summed E-state index contributed by atoms with van der Waals surface area (Å²) in [5, 5.41) is 0.323. The van der Waals surface area contributed by atoms with Crippen LogP contribution in [0.5, 0.6) is 5.75 Å². The van der Waals surface area contributed by atoms with Crippen molar-refractivity contribution in [1.29, 1.82) is 0 Å². The highest BCUT2D eigenvalue weighted by molar-refractivity contribution is 7.89. The highest BCUT2D eigenvalue weighted by Gasteiger charge is 2.25. The summed E-state index contributed by atoms with van der Waals surface area (Å²) in [7, 11) is -2.41. The van der Waals surface area contributed by atoms with Gasteiger partial charge in [-0.25, -0.2) is 23.1 Å². The van der Waals surface area contributed by atoms with Gasteiger partial charge >= 0.3 is 0 Å². The molecule has 0 saturated heterocycles. The fourth-order valence-electron chi connectivity index (χ4n) is 3.75. The molecule has 3 aromatic rings. The average molecular weight is 421 g/mol. The van der Waals surface area contributed by atoms with E-state index in [9.17, 15) is 8.42 Å². The van der Waals surface area contributed by atoms with E-state index < -0.39 is 10.0 Å². The molecule has 2 aromatic heterocycles. The number of imidazole rings is 1. The van der Waals surface area contributed by atoms with Gasteiger partial charge in [0.25, 0.3) is 0 Å². The van der Waals surface area contributed by atoms with Crippen LogP contribution in [0.1, 0.15) is 37.5 Å². The second kappa shape index (κ2) is 7.69. The summed E-state index contributed by atoms with van der Waals surface area (Å²) < 4.78 is 35.7. The summed E-state index contributed by atoms with van der Waals surface area (Å²) >= 11 is 5.99. The number of rotatable bonds is 6. The Kier molecular flexibility index (Phi) is 5.27. The minimum atomic E-state index is -3.83. The van der Waals surface area contributed by atoms with E-state index >= 15 is 0 Å². The minimum Gasteiger partial charge on any atom is -0.495 e. The summed E-state index contributed by atoms with van der Waals surface area (Å²) in [5.41, 5.74) is 1.56. The van der Waals surface area contributed by atoms with Gasteiger partial charge < -0.3 is 9.30 Å². The van der Waals surface area contributed by atoms with Gasteiger partial charge in [-0.3, -0.25) is 0 Å². The Labute approximate surface area is 168 Å². The normalized spacial score (nSPS) is 15.4. The molecular weight excluding hydrogens is 400 g/mol. The Balaban J connectivity index is 1.67. The summed E-state index contributed by atoms with van der Waals surface area (Å²) in [6.07, 6.45) is 6.14. The smallest absolute Gasteiger partial charge is 0.244 e. The number of sulfonamides is 1. The third-order valence-electron chi connectivity index (χ3n) is 5.05. The van der Waals surface area contributed by atoms with Crippen LogP contribution in [0, 0.1) is 0 Å². The molecule has 0 radical (unpaired) electrons. The lowest BCUT2D eigenvalue weighted by atomic mass is 10.2. The van der Waals surface area contributed by atoms with Gasteiger partial charge in [0.2, 0.25) is 10.0 Å². The standard InChI is InChI=1S/C19H21ClN4O3S/c1-27-16-9-8-13(20)11-17(16)28(25,26)22-12-18-23-15-7-4-10-21-19(15)24(18)14-5-2-3-6-14/h4,7-11,14,22H,2-3,5-6,12H2,1H3. The maximum Gasteiger partial charge on any atom is 0.244 e. The molecule has 1 saturated carbocycles. The number of methoxy groups -OCH3 is 1. The van der Waals surface area contributed by atoms with Crippen molar-refractivity contribution in [3.63, 3.8) is 0 Å². The van der Waals surface area contributed by atoms with Gasteiger partial charge in [0.15, 0.2) is 5.65 Å². The first kappa shape index (κ1) is 19.2. The number of benzene rings is 1. The molecule has 0 unspecified atom stereocenters. The molecule has 0 amide bonds. The maximum atomic E-state index is 12.9. The third kappa shape index (κ3) is 3.59. The first-order valence-electron chi connectivity index (χ1n) is 9.14. The quantitative estimate of drug-likeness (QED) is 0.657. The Morgan fingerprint density at radius 1 is 1.29 bits per heavy atom. The monoisotopic (exact) mass is 420 g/mol. The molecule has 1 aromatic carbocycles. The molecule has 148 valence electrons. The zero-order valence-corrected chi connectivity index (χ0v) is 17.0. The van der Waals surface area contributed by atoms with Crippen molar-refractivity contribution < 1.29 is 13.2 Å². The minimum absolute atomic E-state index is 0.00384. The number of fused-ring (bicyclic) bond motifs is 1. The van der Waals surface area contributed by atoms with Crippen molar-refractivity contribution in [2.75, 3.05) is 7.11 Å². The predicted octanol–water partition coefficient (Wildman–Crippen LogP) is 3.69. The Morgan fingerprint density at radius 3 is 2.82 bits per heavy atom. The van der Waals surface area contributed by atoms with Gasteiger partial charge in [-0.2, -0.15) is 0 Å². The number of aromatic nitrogens is 3. The maximum absolute atomic E-state index is 12.9. The van der Waals surface area contributed by atoms with E-state index in [1.54, 1.807) is 12.3 Å². The Bertz CT molecular complexity index is 1110. The first-order chi connectivity index (χ1) is 13.5. The fraction of sp³-hybridized carbons (Fsp3) is 0.368. The third-order valence-corrected chi connectivity index (χ3v) is 6.70. The largest absolute Gasteiger partial charge is 0.495 e. The molecule has 4 rings (SSSR count). The van der Waals surface area contributed by atoms with Crippen molar-refractivity contribution in [1.82, 2.24) is 19.3 Å². The van der Waals surface area contributed by atoms with Crippen LogP contribution < -0.4 is 9.46 Å². The van der Waals surface area contributed by atoms with Crippen LogP contribution in [0.25, 0.3) is 11.2 Å².